The molecule has 4 heteroatoms. The Bertz CT molecular complexity index is 731. The van der Waals surface area contributed by atoms with Crippen molar-refractivity contribution in [3.63, 3.8) is 0 Å². The van der Waals surface area contributed by atoms with Crippen LogP contribution >= 0.6 is 0 Å². The first-order valence-corrected chi connectivity index (χ1v) is 6.36. The van der Waals surface area contributed by atoms with E-state index >= 15 is 0 Å². The topological polar surface area (TPSA) is 43.6 Å². The third-order valence-electron chi connectivity index (χ3n) is 3.50. The van der Waals surface area contributed by atoms with Crippen molar-refractivity contribution in [1.29, 1.82) is 0 Å². The number of pyridine rings is 1. The van der Waals surface area contributed by atoms with Crippen molar-refractivity contribution in [3.8, 4) is 17.1 Å². The first-order valence-electron chi connectivity index (χ1n) is 6.36. The number of para-hydroxylation sites is 1. The number of hydrogen-bond acceptors (Lipinski definition) is 3. The Morgan fingerprint density at radius 1 is 0.947 bits per heavy atom. The van der Waals surface area contributed by atoms with E-state index in [2.05, 4.69) is 44.0 Å². The predicted molar refractivity (Wildman–Crippen MR) is 72.0 cm³/mol. The predicted octanol–water partition coefficient (Wildman–Crippen LogP) is 2.43. The lowest BCUT2D eigenvalue weighted by molar-refractivity contribution is 0.776. The lowest BCUT2D eigenvalue weighted by atomic mass is 10.0. The fraction of sp³-hybridized carbons (Fsp3) is 0.133. The monoisotopic (exact) mass is 248 g/mol. The maximum atomic E-state index is 4.34. The molecule has 0 radical (unpaired) electrons. The van der Waals surface area contributed by atoms with Crippen molar-refractivity contribution in [2.45, 2.75) is 12.8 Å². The minimum Gasteiger partial charge on any atom is -0.279 e. The summed E-state index contributed by atoms with van der Waals surface area (Å²) < 4.78 is 2.15. The van der Waals surface area contributed by atoms with Crippen LogP contribution in [-0.4, -0.2) is 19.7 Å². The van der Waals surface area contributed by atoms with Gasteiger partial charge in [0, 0.05) is 24.4 Å². The lowest BCUT2D eigenvalue weighted by Crippen LogP contribution is -2.13. The Balaban J connectivity index is 1.97. The Labute approximate surface area is 110 Å². The van der Waals surface area contributed by atoms with Crippen molar-refractivity contribution < 1.29 is 0 Å². The number of fused-ring (bicyclic) bond motifs is 3. The molecule has 19 heavy (non-hydrogen) atoms. The molecule has 1 aromatic carbocycles. The minimum atomic E-state index is 0.871. The maximum Gasteiger partial charge on any atom is 0.170 e. The van der Waals surface area contributed by atoms with Gasteiger partial charge in [-0.05, 0) is 30.2 Å². The van der Waals surface area contributed by atoms with Crippen LogP contribution in [0.4, 0.5) is 0 Å². The Kier molecular flexibility index (Phi) is 2.21. The maximum absolute atomic E-state index is 4.34. The highest BCUT2D eigenvalue weighted by molar-refractivity contribution is 5.59. The van der Waals surface area contributed by atoms with Gasteiger partial charge >= 0.3 is 0 Å². The number of aryl methyl sites for hydroxylation is 2. The van der Waals surface area contributed by atoms with Gasteiger partial charge < -0.3 is 0 Å². The number of rotatable bonds is 1. The van der Waals surface area contributed by atoms with E-state index in [1.165, 1.54) is 11.3 Å². The van der Waals surface area contributed by atoms with Crippen LogP contribution in [0.5, 0.6) is 0 Å². The molecule has 3 heterocycles. The van der Waals surface area contributed by atoms with Crippen LogP contribution in [0.2, 0.25) is 0 Å². The van der Waals surface area contributed by atoms with Gasteiger partial charge in [0.2, 0.25) is 0 Å². The molecule has 0 saturated heterocycles. The van der Waals surface area contributed by atoms with Crippen LogP contribution in [0.25, 0.3) is 17.1 Å². The van der Waals surface area contributed by atoms with Crippen LogP contribution < -0.4 is 0 Å². The van der Waals surface area contributed by atoms with Gasteiger partial charge in [-0.15, -0.1) is 10.2 Å². The first kappa shape index (κ1) is 10.4. The molecule has 92 valence electrons. The molecule has 2 aromatic heterocycles. The summed E-state index contributed by atoms with van der Waals surface area (Å²) in [6, 6.07) is 12.4. The molecular weight excluding hydrogens is 236 g/mol. The Morgan fingerprint density at radius 2 is 1.89 bits per heavy atom. The highest BCUT2D eigenvalue weighted by Crippen LogP contribution is 2.28. The van der Waals surface area contributed by atoms with E-state index in [1.807, 2.05) is 18.3 Å². The van der Waals surface area contributed by atoms with Crippen molar-refractivity contribution in [2.75, 3.05) is 0 Å². The number of benzene rings is 1. The summed E-state index contributed by atoms with van der Waals surface area (Å²) in [4.78, 5) is 4.16. The molecule has 0 aliphatic carbocycles. The van der Waals surface area contributed by atoms with Gasteiger partial charge in [-0.2, -0.15) is 0 Å². The van der Waals surface area contributed by atoms with Crippen LogP contribution in [0.3, 0.4) is 0 Å². The van der Waals surface area contributed by atoms with Gasteiger partial charge in [0.1, 0.15) is 5.82 Å². The average Bonchev–Trinajstić information content (AvgIpc) is 2.92. The molecular formula is C15H12N4. The summed E-state index contributed by atoms with van der Waals surface area (Å²) in [7, 11) is 0. The SMILES string of the molecule is c1cncc(-c2nnc3n2-c2ccccc2CC3)c1. The molecule has 0 bridgehead atoms. The molecule has 4 rings (SSSR count). The zero-order valence-electron chi connectivity index (χ0n) is 10.3. The molecule has 0 unspecified atom stereocenters. The normalized spacial score (nSPS) is 12.8. The number of hydrogen-bond donors (Lipinski definition) is 0. The van der Waals surface area contributed by atoms with E-state index in [0.717, 1.165) is 30.1 Å². The molecule has 0 N–H and O–H groups in total. The molecule has 1 aliphatic rings. The molecule has 0 saturated carbocycles. The minimum absolute atomic E-state index is 0.871. The largest absolute Gasteiger partial charge is 0.279 e. The second-order valence-corrected chi connectivity index (χ2v) is 4.65. The summed E-state index contributed by atoms with van der Waals surface area (Å²) in [5.74, 6) is 1.90. The molecule has 0 amide bonds. The zero-order valence-corrected chi connectivity index (χ0v) is 10.3. The molecule has 1 aliphatic heterocycles. The molecule has 0 atom stereocenters. The summed E-state index contributed by atoms with van der Waals surface area (Å²) >= 11 is 0. The third kappa shape index (κ3) is 1.57. The highest BCUT2D eigenvalue weighted by Gasteiger charge is 2.21. The smallest absolute Gasteiger partial charge is 0.170 e. The Hall–Kier alpha value is -2.49. The van der Waals surface area contributed by atoms with Crippen LogP contribution in [0.1, 0.15) is 11.4 Å². The van der Waals surface area contributed by atoms with Crippen LogP contribution in [0, 0.1) is 0 Å². The second-order valence-electron chi connectivity index (χ2n) is 4.65. The van der Waals surface area contributed by atoms with Crippen molar-refractivity contribution >= 4 is 0 Å². The molecule has 0 fully saturated rings. The number of aromatic nitrogens is 4. The fourth-order valence-corrected chi connectivity index (χ4v) is 2.60. The standard InChI is InChI=1S/C15H12N4/c1-2-6-13-11(4-1)7-8-14-17-18-15(19(13)14)12-5-3-9-16-10-12/h1-6,9-10H,7-8H2. The lowest BCUT2D eigenvalue weighted by Gasteiger charge is -2.19. The number of nitrogens with zero attached hydrogens (tertiary/aromatic N) is 4. The van der Waals surface area contributed by atoms with Crippen LogP contribution in [-0.2, 0) is 12.8 Å². The second kappa shape index (κ2) is 4.02. The van der Waals surface area contributed by atoms with E-state index in [1.54, 1.807) is 6.20 Å². The zero-order chi connectivity index (χ0) is 12.7. The van der Waals surface area contributed by atoms with E-state index in [-0.39, 0.29) is 0 Å². The first-order chi connectivity index (χ1) is 9.43. The third-order valence-corrected chi connectivity index (χ3v) is 3.50. The highest BCUT2D eigenvalue weighted by atomic mass is 15.3. The molecule has 4 nitrogen and oxygen atoms in total. The van der Waals surface area contributed by atoms with Gasteiger partial charge in [-0.1, -0.05) is 18.2 Å². The quantitative estimate of drug-likeness (QED) is 0.664. The van der Waals surface area contributed by atoms with Gasteiger partial charge in [-0.25, -0.2) is 0 Å². The van der Waals surface area contributed by atoms with E-state index < -0.39 is 0 Å². The summed E-state index contributed by atoms with van der Waals surface area (Å²) in [5, 5.41) is 8.66. The molecule has 0 spiro atoms. The van der Waals surface area contributed by atoms with Crippen molar-refractivity contribution in [3.05, 3.63) is 60.2 Å². The fourth-order valence-electron chi connectivity index (χ4n) is 2.60. The van der Waals surface area contributed by atoms with Crippen molar-refractivity contribution in [1.82, 2.24) is 19.7 Å². The summed E-state index contributed by atoms with van der Waals surface area (Å²) in [5.41, 5.74) is 3.53. The van der Waals surface area contributed by atoms with E-state index in [9.17, 15) is 0 Å². The van der Waals surface area contributed by atoms with Gasteiger partial charge in [0.15, 0.2) is 5.82 Å². The van der Waals surface area contributed by atoms with Gasteiger partial charge in [-0.3, -0.25) is 9.55 Å². The summed E-state index contributed by atoms with van der Waals surface area (Å²) in [6.07, 6.45) is 5.56. The van der Waals surface area contributed by atoms with Gasteiger partial charge in [0.25, 0.3) is 0 Å². The van der Waals surface area contributed by atoms with E-state index in [4.69, 9.17) is 0 Å². The summed E-state index contributed by atoms with van der Waals surface area (Å²) in [6.45, 7) is 0. The Morgan fingerprint density at radius 3 is 2.79 bits per heavy atom. The van der Waals surface area contributed by atoms with Gasteiger partial charge in [0.05, 0.1) is 5.69 Å². The average molecular weight is 248 g/mol. The van der Waals surface area contributed by atoms with Crippen molar-refractivity contribution in [2.24, 2.45) is 0 Å². The van der Waals surface area contributed by atoms with Crippen LogP contribution in [0.15, 0.2) is 48.8 Å². The van der Waals surface area contributed by atoms with E-state index in [0.29, 0.717) is 0 Å². The molecule has 3 aromatic rings.